The van der Waals surface area contributed by atoms with Crippen molar-refractivity contribution in [3.63, 3.8) is 0 Å². The molecule has 0 unspecified atom stereocenters. The second-order valence-corrected chi connectivity index (χ2v) is 2.44. The van der Waals surface area contributed by atoms with Crippen molar-refractivity contribution in [2.75, 3.05) is 0 Å². The molecule has 0 heterocycles. The number of hydrogen-bond donors (Lipinski definition) is 0. The molecule has 0 saturated carbocycles. The smallest absolute Gasteiger partial charge is 0.185 e. The molecular weight excluding hydrogens is 140 g/mol. The minimum atomic E-state index is -4.17. The topological polar surface area (TPSA) is 78.4 Å². The first-order valence-corrected chi connectivity index (χ1v) is 3.96. The van der Waals surface area contributed by atoms with Crippen molar-refractivity contribution in [1.82, 2.24) is 0 Å². The Labute approximate surface area is 45.4 Å². The molecule has 0 amide bonds. The molecule has 0 aromatic carbocycles. The van der Waals surface area contributed by atoms with E-state index in [1.165, 1.54) is 6.55 Å². The van der Waals surface area contributed by atoms with E-state index < -0.39 is 10.2 Å². The zero-order valence-corrected chi connectivity index (χ0v) is 5.27. The average Bonchev–Trinajstić information content (AvgIpc) is 1.30. The maximum absolute atomic E-state index is 9.43. The van der Waals surface area contributed by atoms with Gasteiger partial charge in [0.15, 0.2) is 0 Å². The van der Waals surface area contributed by atoms with E-state index in [1.54, 1.807) is 0 Å². The van der Waals surface area contributed by atoms with Crippen LogP contribution in [-0.4, -0.2) is 9.76 Å². The third kappa shape index (κ3) is 6.35. The van der Waals surface area contributed by atoms with Crippen molar-refractivity contribution in [1.29, 1.82) is 0 Å². The Morgan fingerprint density at radius 1 is 1.43 bits per heavy atom. The van der Waals surface area contributed by atoms with Crippen LogP contribution in [0, 0.1) is 10.2 Å². The lowest BCUT2D eigenvalue weighted by Crippen LogP contribution is -2.61. The van der Waals surface area contributed by atoms with Crippen molar-refractivity contribution in [2.24, 2.45) is 0 Å². The second-order valence-electron chi connectivity index (χ2n) is 0.659. The lowest BCUT2D eigenvalue weighted by molar-refractivity contribution is -1.91. The van der Waals surface area contributed by atoms with Gasteiger partial charge in [-0.2, -0.15) is 14.0 Å². The van der Waals surface area contributed by atoms with Gasteiger partial charge in [0, 0.05) is 0 Å². The fourth-order valence-electron chi connectivity index (χ4n) is 0.0945. The molecule has 0 aliphatic heterocycles. The van der Waals surface area contributed by atoms with Crippen LogP contribution in [0.25, 0.3) is 0 Å². The molecule has 0 atom stereocenters. The molecule has 0 N–H and O–H groups in total. The molecule has 0 aromatic rings. The maximum Gasteiger partial charge on any atom is 0.469 e. The van der Waals surface area contributed by atoms with Crippen LogP contribution >= 0.6 is 0 Å². The normalized spacial score (nSPS) is 12.0. The summed E-state index contributed by atoms with van der Waals surface area (Å²) in [6.45, 7) is 1.45. The Bertz CT molecular complexity index is 50.1. The van der Waals surface area contributed by atoms with Crippen LogP contribution in [-0.2, 0) is 3.98 Å². The molecule has 0 bridgehead atoms. The Morgan fingerprint density at radius 3 is 1.86 bits per heavy atom. The lowest BCUT2D eigenvalue weighted by atomic mass is 11.9. The van der Waals surface area contributed by atoms with Crippen molar-refractivity contribution in [3.8, 4) is 0 Å². The van der Waals surface area contributed by atoms with E-state index in [0.717, 1.165) is 0 Å². The summed E-state index contributed by atoms with van der Waals surface area (Å²) in [5.74, 6) is 0. The van der Waals surface area contributed by atoms with Gasteiger partial charge in [0.1, 0.15) is 0 Å². The molecular formula is CH3ClO4Si. The summed E-state index contributed by atoms with van der Waals surface area (Å²) in [7, 11) is -4.47. The summed E-state index contributed by atoms with van der Waals surface area (Å²) in [6, 6.07) is 0. The molecule has 7 heavy (non-hydrogen) atoms. The molecule has 0 rings (SSSR count). The van der Waals surface area contributed by atoms with Crippen LogP contribution in [0.15, 0.2) is 0 Å². The van der Waals surface area contributed by atoms with E-state index in [2.05, 4.69) is 3.98 Å². The van der Waals surface area contributed by atoms with Gasteiger partial charge >= 0.3 is 9.76 Å². The fraction of sp³-hybridized carbons (Fsp3) is 1.00. The van der Waals surface area contributed by atoms with E-state index in [0.29, 0.717) is 0 Å². The molecule has 0 saturated heterocycles. The first kappa shape index (κ1) is 7.35. The van der Waals surface area contributed by atoms with Gasteiger partial charge in [0.2, 0.25) is 0 Å². The third-order valence-electron chi connectivity index (χ3n) is 0.172. The highest BCUT2D eigenvalue weighted by Gasteiger charge is 2.13. The summed E-state index contributed by atoms with van der Waals surface area (Å²) < 4.78 is 31.9. The second kappa shape index (κ2) is 2.60. The van der Waals surface area contributed by atoms with E-state index >= 15 is 0 Å². The van der Waals surface area contributed by atoms with Gasteiger partial charge < -0.3 is 0 Å². The van der Waals surface area contributed by atoms with Crippen molar-refractivity contribution < 1.29 is 28.2 Å². The molecule has 0 aliphatic carbocycles. The summed E-state index contributed by atoms with van der Waals surface area (Å²) in [6.07, 6.45) is 0. The highest BCUT2D eigenvalue weighted by molar-refractivity contribution is 6.24. The number of hydrogen-bond acceptors (Lipinski definition) is 4. The van der Waals surface area contributed by atoms with Gasteiger partial charge in [-0.05, 0) is 10.5 Å². The van der Waals surface area contributed by atoms with Gasteiger partial charge in [0.05, 0.1) is 10.2 Å². The Hall–Kier alpha value is 0.347. The minimum Gasteiger partial charge on any atom is -0.185 e. The van der Waals surface area contributed by atoms with Crippen molar-refractivity contribution in [3.05, 3.63) is 0 Å². The van der Waals surface area contributed by atoms with Crippen LogP contribution in [0.1, 0.15) is 0 Å². The Morgan fingerprint density at radius 2 is 1.86 bits per heavy atom. The molecule has 0 fully saturated rings. The highest BCUT2D eigenvalue weighted by Crippen LogP contribution is 1.81. The molecule has 0 aliphatic rings. The van der Waals surface area contributed by atoms with Crippen LogP contribution in [0.2, 0.25) is 6.55 Å². The molecule has 42 valence electrons. The molecule has 0 spiro atoms. The number of rotatable bonds is 2. The van der Waals surface area contributed by atoms with Crippen molar-refractivity contribution in [2.45, 2.75) is 6.55 Å². The van der Waals surface area contributed by atoms with Crippen LogP contribution in [0.3, 0.4) is 0 Å². The quantitative estimate of drug-likeness (QED) is 0.376. The standard InChI is InChI=1S/CH3ClO4Si/c1-7-6-2(3,4)5/h1H3. The van der Waals surface area contributed by atoms with Gasteiger partial charge in [-0.15, -0.1) is 0 Å². The van der Waals surface area contributed by atoms with Gasteiger partial charge in [0.25, 0.3) is 0 Å². The number of halogens is 1. The zero-order chi connectivity index (χ0) is 5.91. The monoisotopic (exact) mass is 142 g/mol. The molecule has 2 radical (unpaired) electrons. The predicted octanol–water partition coefficient (Wildman–Crippen LogP) is -3.43. The van der Waals surface area contributed by atoms with Crippen LogP contribution in [0.5, 0.6) is 0 Å². The van der Waals surface area contributed by atoms with Gasteiger partial charge in [-0.25, -0.2) is 0 Å². The Balaban J connectivity index is 3.15. The molecule has 4 nitrogen and oxygen atoms in total. The van der Waals surface area contributed by atoms with Crippen LogP contribution < -0.4 is 14.0 Å². The van der Waals surface area contributed by atoms with Gasteiger partial charge in [-0.3, -0.25) is 0 Å². The van der Waals surface area contributed by atoms with E-state index in [9.17, 15) is 14.0 Å². The largest absolute Gasteiger partial charge is 0.469 e. The first-order valence-electron chi connectivity index (χ1n) is 1.32. The third-order valence-corrected chi connectivity index (χ3v) is 1.54. The van der Waals surface area contributed by atoms with Crippen LogP contribution in [0.4, 0.5) is 0 Å². The lowest BCUT2D eigenvalue weighted by Gasteiger charge is -2.11. The van der Waals surface area contributed by atoms with E-state index in [1.807, 2.05) is 0 Å². The molecule has 6 heteroatoms. The summed E-state index contributed by atoms with van der Waals surface area (Å²) >= 11 is 0. The van der Waals surface area contributed by atoms with Crippen molar-refractivity contribution >= 4 is 9.76 Å². The van der Waals surface area contributed by atoms with E-state index in [4.69, 9.17) is 0 Å². The first-order chi connectivity index (χ1) is 3.06. The maximum atomic E-state index is 9.43. The zero-order valence-electron chi connectivity index (χ0n) is 3.51. The van der Waals surface area contributed by atoms with E-state index in [-0.39, 0.29) is 9.76 Å². The van der Waals surface area contributed by atoms with Gasteiger partial charge in [-0.1, -0.05) is 0 Å². The summed E-state index contributed by atoms with van der Waals surface area (Å²) in [5, 5.41) is 0. The summed E-state index contributed by atoms with van der Waals surface area (Å²) in [5.41, 5.74) is 0. The molecule has 0 aromatic heterocycles. The summed E-state index contributed by atoms with van der Waals surface area (Å²) in [4.78, 5) is 0. The minimum absolute atomic E-state index is 0.304. The Kier molecular flexibility index (Phi) is 2.73. The fourth-order valence-corrected chi connectivity index (χ4v) is 0.850. The average molecular weight is 143 g/mol. The highest BCUT2D eigenvalue weighted by atomic mass is 35.7. The SMILES string of the molecule is C[Si]O[Cl+3]([O-])([O-])[O-]. The predicted molar refractivity (Wildman–Crippen MR) is 12.7 cm³/mol.